The number of aromatic nitrogens is 4. The Balaban J connectivity index is 2.90. The molecule has 0 N–H and O–H groups in total. The van der Waals surface area contributed by atoms with Crippen molar-refractivity contribution >= 4 is 11.0 Å². The first-order valence-electron chi connectivity index (χ1n) is 3.38. The predicted octanol–water partition coefficient (Wildman–Crippen LogP) is 0.672. The summed E-state index contributed by atoms with van der Waals surface area (Å²) in [5.41, 5.74) is 2.71. The average Bonchev–Trinajstić information content (AvgIpc) is 2.31. The summed E-state index contributed by atoms with van der Waals surface area (Å²) in [6.07, 6.45) is 3.43. The second-order valence-electron chi connectivity index (χ2n) is 2.50. The topological polar surface area (TPSA) is 43.6 Å². The minimum absolute atomic E-state index is 0.884. The van der Waals surface area contributed by atoms with Crippen molar-refractivity contribution in [2.75, 3.05) is 0 Å². The molecular formula is C7H8N4. The second-order valence-corrected chi connectivity index (χ2v) is 2.50. The molecule has 0 radical (unpaired) electrons. The van der Waals surface area contributed by atoms with E-state index in [1.807, 2.05) is 20.2 Å². The zero-order valence-corrected chi connectivity index (χ0v) is 6.44. The van der Waals surface area contributed by atoms with Crippen LogP contribution < -0.4 is 0 Å². The fraction of sp³-hybridized carbons (Fsp3) is 0.286. The normalized spacial score (nSPS) is 10.7. The van der Waals surface area contributed by atoms with Crippen LogP contribution in [0.2, 0.25) is 0 Å². The quantitative estimate of drug-likeness (QED) is 0.551. The summed E-state index contributed by atoms with van der Waals surface area (Å²) in [4.78, 5) is 8.10. The number of aryl methyl sites for hydroxylation is 2. The van der Waals surface area contributed by atoms with Crippen molar-refractivity contribution in [3.8, 4) is 0 Å². The summed E-state index contributed by atoms with van der Waals surface area (Å²) < 4.78 is 1.74. The van der Waals surface area contributed by atoms with E-state index in [0.29, 0.717) is 0 Å². The highest BCUT2D eigenvalue weighted by Gasteiger charge is 2.01. The van der Waals surface area contributed by atoms with E-state index in [2.05, 4.69) is 15.1 Å². The van der Waals surface area contributed by atoms with Crippen molar-refractivity contribution in [3.63, 3.8) is 0 Å². The summed E-state index contributed by atoms with van der Waals surface area (Å²) in [7, 11) is 1.88. The molecule has 0 atom stereocenters. The highest BCUT2D eigenvalue weighted by molar-refractivity contribution is 5.74. The molecule has 0 saturated heterocycles. The van der Waals surface area contributed by atoms with Gasteiger partial charge in [-0.3, -0.25) is 4.68 Å². The van der Waals surface area contributed by atoms with Crippen LogP contribution in [0.15, 0.2) is 12.5 Å². The molecule has 2 heterocycles. The van der Waals surface area contributed by atoms with Gasteiger partial charge in [0.05, 0.1) is 11.9 Å². The Kier molecular flexibility index (Phi) is 1.15. The third-order valence-electron chi connectivity index (χ3n) is 1.60. The Hall–Kier alpha value is -1.45. The lowest BCUT2D eigenvalue weighted by Gasteiger charge is -1.88. The third-order valence-corrected chi connectivity index (χ3v) is 1.60. The van der Waals surface area contributed by atoms with Crippen LogP contribution in [0.5, 0.6) is 0 Å². The van der Waals surface area contributed by atoms with Crippen molar-refractivity contribution in [2.45, 2.75) is 6.92 Å². The van der Waals surface area contributed by atoms with Gasteiger partial charge >= 0.3 is 0 Å². The molecule has 0 spiro atoms. The third kappa shape index (κ3) is 0.869. The Morgan fingerprint density at radius 1 is 1.36 bits per heavy atom. The highest BCUT2D eigenvalue weighted by Crippen LogP contribution is 2.09. The van der Waals surface area contributed by atoms with Crippen molar-refractivity contribution in [1.29, 1.82) is 0 Å². The zero-order chi connectivity index (χ0) is 7.84. The molecule has 56 valence electrons. The maximum absolute atomic E-state index is 4.20. The molecule has 2 rings (SSSR count). The summed E-state index contributed by atoms with van der Waals surface area (Å²) in [6, 6.07) is 0. The Morgan fingerprint density at radius 3 is 2.91 bits per heavy atom. The number of hydrogen-bond donors (Lipinski definition) is 0. The summed E-state index contributed by atoms with van der Waals surface area (Å²) >= 11 is 0. The van der Waals surface area contributed by atoms with E-state index in [1.165, 1.54) is 0 Å². The molecule has 0 amide bonds. The molecule has 2 aromatic heterocycles. The van der Waals surface area contributed by atoms with Gasteiger partial charge in [-0.1, -0.05) is 0 Å². The molecule has 0 aliphatic heterocycles. The van der Waals surface area contributed by atoms with Gasteiger partial charge in [-0.15, -0.1) is 0 Å². The minimum atomic E-state index is 0.884. The van der Waals surface area contributed by atoms with Crippen LogP contribution in [-0.4, -0.2) is 19.7 Å². The van der Waals surface area contributed by atoms with E-state index >= 15 is 0 Å². The lowest BCUT2D eigenvalue weighted by Crippen LogP contribution is -1.87. The predicted molar refractivity (Wildman–Crippen MR) is 41.0 cm³/mol. The first kappa shape index (κ1) is 6.27. The van der Waals surface area contributed by atoms with E-state index < -0.39 is 0 Å². The van der Waals surface area contributed by atoms with Crippen molar-refractivity contribution in [3.05, 3.63) is 18.2 Å². The summed E-state index contributed by atoms with van der Waals surface area (Å²) in [6.45, 7) is 1.93. The fourth-order valence-electron chi connectivity index (χ4n) is 1.07. The van der Waals surface area contributed by atoms with Crippen molar-refractivity contribution in [1.82, 2.24) is 19.7 Å². The van der Waals surface area contributed by atoms with Crippen molar-refractivity contribution in [2.24, 2.45) is 7.05 Å². The number of rotatable bonds is 0. The monoisotopic (exact) mass is 148 g/mol. The number of fused-ring (bicyclic) bond motifs is 1. The van der Waals surface area contributed by atoms with Gasteiger partial charge in [-0.25, -0.2) is 9.97 Å². The molecular weight excluding hydrogens is 140 g/mol. The van der Waals surface area contributed by atoms with Crippen LogP contribution in [-0.2, 0) is 7.05 Å². The van der Waals surface area contributed by atoms with Crippen molar-refractivity contribution < 1.29 is 0 Å². The fourth-order valence-corrected chi connectivity index (χ4v) is 1.07. The average molecular weight is 148 g/mol. The standard InChI is InChI=1S/C7H8N4/c1-5-7-6(9-4-8-5)3-11(2)10-7/h3-4H,1-2H3. The van der Waals surface area contributed by atoms with E-state index in [0.717, 1.165) is 16.7 Å². The van der Waals surface area contributed by atoms with Gasteiger partial charge in [-0.2, -0.15) is 5.10 Å². The SMILES string of the molecule is Cc1ncnc2cn(C)nc12. The molecule has 0 bridgehead atoms. The Labute approximate surface area is 63.9 Å². The molecule has 0 saturated carbocycles. The van der Waals surface area contributed by atoms with Gasteiger partial charge in [0.1, 0.15) is 17.4 Å². The second kappa shape index (κ2) is 2.02. The maximum Gasteiger partial charge on any atom is 0.132 e. The number of nitrogens with zero attached hydrogens (tertiary/aromatic N) is 4. The van der Waals surface area contributed by atoms with Crippen LogP contribution in [0, 0.1) is 6.92 Å². The molecule has 0 aliphatic rings. The van der Waals surface area contributed by atoms with Gasteiger partial charge in [0.2, 0.25) is 0 Å². The van der Waals surface area contributed by atoms with Gasteiger partial charge in [0, 0.05) is 7.05 Å². The van der Waals surface area contributed by atoms with Gasteiger partial charge in [-0.05, 0) is 6.92 Å². The summed E-state index contributed by atoms with van der Waals surface area (Å²) in [5.74, 6) is 0. The van der Waals surface area contributed by atoms with E-state index in [1.54, 1.807) is 11.0 Å². The van der Waals surface area contributed by atoms with Gasteiger partial charge in [0.15, 0.2) is 0 Å². The summed E-state index contributed by atoms with van der Waals surface area (Å²) in [5, 5.41) is 4.20. The molecule has 11 heavy (non-hydrogen) atoms. The molecule has 4 heteroatoms. The van der Waals surface area contributed by atoms with E-state index in [4.69, 9.17) is 0 Å². The Morgan fingerprint density at radius 2 is 2.18 bits per heavy atom. The van der Waals surface area contributed by atoms with Crippen LogP contribution in [0.4, 0.5) is 0 Å². The first-order valence-corrected chi connectivity index (χ1v) is 3.38. The molecule has 4 nitrogen and oxygen atoms in total. The largest absolute Gasteiger partial charge is 0.273 e. The molecule has 0 aromatic carbocycles. The number of hydrogen-bond acceptors (Lipinski definition) is 3. The molecule has 0 unspecified atom stereocenters. The van der Waals surface area contributed by atoms with Crippen LogP contribution in [0.25, 0.3) is 11.0 Å². The lowest BCUT2D eigenvalue weighted by atomic mass is 10.4. The zero-order valence-electron chi connectivity index (χ0n) is 6.44. The van der Waals surface area contributed by atoms with E-state index in [-0.39, 0.29) is 0 Å². The Bertz CT molecular complexity index is 390. The highest BCUT2D eigenvalue weighted by atomic mass is 15.3. The van der Waals surface area contributed by atoms with Crippen LogP contribution in [0.3, 0.4) is 0 Å². The molecule has 0 aliphatic carbocycles. The maximum atomic E-state index is 4.20. The molecule has 0 fully saturated rings. The van der Waals surface area contributed by atoms with Gasteiger partial charge in [0.25, 0.3) is 0 Å². The van der Waals surface area contributed by atoms with Gasteiger partial charge < -0.3 is 0 Å². The smallest absolute Gasteiger partial charge is 0.132 e. The van der Waals surface area contributed by atoms with Crippen LogP contribution >= 0.6 is 0 Å². The van der Waals surface area contributed by atoms with Crippen LogP contribution in [0.1, 0.15) is 5.69 Å². The van der Waals surface area contributed by atoms with E-state index in [9.17, 15) is 0 Å². The molecule has 2 aromatic rings. The first-order chi connectivity index (χ1) is 5.27. The minimum Gasteiger partial charge on any atom is -0.273 e. The lowest BCUT2D eigenvalue weighted by molar-refractivity contribution is 0.778.